The van der Waals surface area contributed by atoms with Crippen LogP contribution in [0.15, 0.2) is 76.5 Å². The smallest absolute Gasteiger partial charge is 0.237 e. The van der Waals surface area contributed by atoms with Crippen molar-refractivity contribution < 1.29 is 13.9 Å². The molecule has 1 atom stereocenters. The molecule has 0 bridgehead atoms. The van der Waals surface area contributed by atoms with Crippen molar-refractivity contribution in [2.24, 2.45) is 0 Å². The molecule has 0 fully saturated rings. The lowest BCUT2D eigenvalue weighted by Gasteiger charge is -2.14. The first-order valence-electron chi connectivity index (χ1n) is 10.2. The van der Waals surface area contributed by atoms with Crippen molar-refractivity contribution in [1.29, 1.82) is 0 Å². The van der Waals surface area contributed by atoms with Crippen LogP contribution < -0.4 is 10.1 Å². The minimum Gasteiger partial charge on any atom is -0.497 e. The Kier molecular flexibility index (Phi) is 6.61. The first-order chi connectivity index (χ1) is 15.5. The second kappa shape index (κ2) is 9.74. The van der Waals surface area contributed by atoms with E-state index < -0.39 is 5.25 Å². The first kappa shape index (κ1) is 21.7. The Labute approximate surface area is 190 Å². The van der Waals surface area contributed by atoms with Gasteiger partial charge in [0.2, 0.25) is 5.91 Å². The molecule has 164 valence electrons. The number of nitrogens with zero attached hydrogens (tertiary/aromatic N) is 3. The number of amides is 1. The number of aryl methyl sites for hydroxylation is 1. The van der Waals surface area contributed by atoms with Crippen molar-refractivity contribution in [3.8, 4) is 17.1 Å². The van der Waals surface area contributed by atoms with Crippen molar-refractivity contribution in [3.05, 3.63) is 78.3 Å². The minimum absolute atomic E-state index is 0.126. The molecule has 0 radical (unpaired) electrons. The van der Waals surface area contributed by atoms with Gasteiger partial charge in [-0.3, -0.25) is 9.36 Å². The summed E-state index contributed by atoms with van der Waals surface area (Å²) in [5, 5.41) is 12.0. The van der Waals surface area contributed by atoms with E-state index in [1.165, 1.54) is 11.8 Å². The zero-order valence-corrected chi connectivity index (χ0v) is 18.9. The Morgan fingerprint density at radius 2 is 1.97 bits per heavy atom. The van der Waals surface area contributed by atoms with Crippen LogP contribution in [0.1, 0.15) is 18.2 Å². The average molecular weight is 449 g/mol. The second-order valence-corrected chi connectivity index (χ2v) is 8.56. The Bertz CT molecular complexity index is 1200. The first-order valence-corrected chi connectivity index (χ1v) is 11.1. The molecule has 0 aliphatic carbocycles. The van der Waals surface area contributed by atoms with Gasteiger partial charge in [-0.2, -0.15) is 0 Å². The number of anilines is 1. The number of benzene rings is 2. The van der Waals surface area contributed by atoms with Gasteiger partial charge in [0, 0.05) is 11.8 Å². The molecule has 7 nitrogen and oxygen atoms in total. The molecule has 0 saturated heterocycles. The number of furan rings is 1. The lowest BCUT2D eigenvalue weighted by molar-refractivity contribution is -0.115. The van der Waals surface area contributed by atoms with Gasteiger partial charge < -0.3 is 14.5 Å². The average Bonchev–Trinajstić information content (AvgIpc) is 3.40. The van der Waals surface area contributed by atoms with Crippen LogP contribution in [0.25, 0.3) is 11.4 Å². The summed E-state index contributed by atoms with van der Waals surface area (Å²) in [6.07, 6.45) is 1.64. The van der Waals surface area contributed by atoms with E-state index in [0.717, 1.165) is 16.9 Å². The standard InChI is InChI=1S/C24H24N4O3S/c1-16-21(12-13-31-16)22-26-27-24(28(22)15-18-8-5-4-6-9-18)32-17(2)23(29)25-19-10-7-11-20(14-19)30-3/h4-14,17H,15H2,1-3H3,(H,25,29)/t17-/m1/s1. The number of carbonyl (C=O) groups excluding carboxylic acids is 1. The van der Waals surface area contributed by atoms with Gasteiger partial charge in [0.15, 0.2) is 11.0 Å². The Morgan fingerprint density at radius 3 is 2.69 bits per heavy atom. The summed E-state index contributed by atoms with van der Waals surface area (Å²) in [7, 11) is 1.60. The minimum atomic E-state index is -0.391. The van der Waals surface area contributed by atoms with Crippen LogP contribution in [0.3, 0.4) is 0 Å². The lowest BCUT2D eigenvalue weighted by Crippen LogP contribution is -2.23. The molecule has 32 heavy (non-hydrogen) atoms. The molecule has 1 N–H and O–H groups in total. The van der Waals surface area contributed by atoms with Gasteiger partial charge >= 0.3 is 0 Å². The number of methoxy groups -OCH3 is 1. The summed E-state index contributed by atoms with van der Waals surface area (Å²) in [6, 6.07) is 19.3. The molecule has 0 unspecified atom stereocenters. The van der Waals surface area contributed by atoms with Crippen molar-refractivity contribution in [2.45, 2.75) is 30.8 Å². The highest BCUT2D eigenvalue weighted by atomic mass is 32.2. The summed E-state index contributed by atoms with van der Waals surface area (Å²) in [4.78, 5) is 12.8. The summed E-state index contributed by atoms with van der Waals surface area (Å²) in [5.74, 6) is 2.04. The molecule has 1 amide bonds. The molecule has 4 rings (SSSR count). The quantitative estimate of drug-likeness (QED) is 0.381. The maximum Gasteiger partial charge on any atom is 0.237 e. The number of hydrogen-bond donors (Lipinski definition) is 1. The highest BCUT2D eigenvalue weighted by molar-refractivity contribution is 8.00. The summed E-state index contributed by atoms with van der Waals surface area (Å²) < 4.78 is 12.7. The van der Waals surface area contributed by atoms with E-state index >= 15 is 0 Å². The zero-order valence-electron chi connectivity index (χ0n) is 18.1. The molecule has 0 saturated carbocycles. The predicted octanol–water partition coefficient (Wildman–Crippen LogP) is 5.02. The number of carbonyl (C=O) groups is 1. The van der Waals surface area contributed by atoms with E-state index in [1.807, 2.05) is 60.9 Å². The van der Waals surface area contributed by atoms with Crippen LogP contribution >= 0.6 is 11.8 Å². The largest absolute Gasteiger partial charge is 0.497 e. The SMILES string of the molecule is COc1cccc(NC(=O)[C@@H](C)Sc2nnc(-c3ccoc3C)n2Cc2ccccc2)c1. The fraction of sp³-hybridized carbons (Fsp3) is 0.208. The molecule has 0 aliphatic rings. The predicted molar refractivity (Wildman–Crippen MR) is 125 cm³/mol. The Morgan fingerprint density at radius 1 is 1.16 bits per heavy atom. The van der Waals surface area contributed by atoms with Crippen LogP contribution in [0.4, 0.5) is 5.69 Å². The summed E-state index contributed by atoms with van der Waals surface area (Å²) in [5.41, 5.74) is 2.68. The summed E-state index contributed by atoms with van der Waals surface area (Å²) >= 11 is 1.37. The number of rotatable bonds is 8. The molecular formula is C24H24N4O3S. The van der Waals surface area contributed by atoms with E-state index in [2.05, 4.69) is 27.6 Å². The van der Waals surface area contributed by atoms with Crippen LogP contribution in [0.2, 0.25) is 0 Å². The van der Waals surface area contributed by atoms with E-state index in [-0.39, 0.29) is 5.91 Å². The third-order valence-electron chi connectivity index (χ3n) is 4.99. The Balaban J connectivity index is 1.57. The van der Waals surface area contributed by atoms with Crippen LogP contribution in [0, 0.1) is 6.92 Å². The normalized spacial score (nSPS) is 11.8. The van der Waals surface area contributed by atoms with Gasteiger partial charge in [-0.25, -0.2) is 0 Å². The van der Waals surface area contributed by atoms with Crippen LogP contribution in [0.5, 0.6) is 5.75 Å². The number of thioether (sulfide) groups is 1. The second-order valence-electron chi connectivity index (χ2n) is 7.25. The topological polar surface area (TPSA) is 82.2 Å². The van der Waals surface area contributed by atoms with Gasteiger partial charge in [0.25, 0.3) is 0 Å². The third kappa shape index (κ3) is 4.86. The van der Waals surface area contributed by atoms with Crippen LogP contribution in [-0.4, -0.2) is 33.0 Å². The molecule has 0 spiro atoms. The molecule has 2 heterocycles. The maximum atomic E-state index is 12.8. The van der Waals surface area contributed by atoms with E-state index in [0.29, 0.717) is 29.0 Å². The molecular weight excluding hydrogens is 424 g/mol. The van der Waals surface area contributed by atoms with E-state index in [1.54, 1.807) is 19.4 Å². The number of ether oxygens (including phenoxy) is 1. The number of hydrogen-bond acceptors (Lipinski definition) is 6. The molecule has 2 aromatic carbocycles. The van der Waals surface area contributed by atoms with E-state index in [9.17, 15) is 4.79 Å². The zero-order chi connectivity index (χ0) is 22.5. The number of aromatic nitrogens is 3. The van der Waals surface area contributed by atoms with Gasteiger partial charge in [-0.15, -0.1) is 10.2 Å². The Hall–Kier alpha value is -3.52. The summed E-state index contributed by atoms with van der Waals surface area (Å²) in [6.45, 7) is 4.33. The molecule has 2 aromatic heterocycles. The van der Waals surface area contributed by atoms with Crippen molar-refractivity contribution in [2.75, 3.05) is 12.4 Å². The maximum absolute atomic E-state index is 12.8. The van der Waals surface area contributed by atoms with Gasteiger partial charge in [0.1, 0.15) is 11.5 Å². The highest BCUT2D eigenvalue weighted by Gasteiger charge is 2.22. The van der Waals surface area contributed by atoms with Gasteiger partial charge in [-0.1, -0.05) is 48.2 Å². The lowest BCUT2D eigenvalue weighted by atomic mass is 10.2. The van der Waals surface area contributed by atoms with Crippen molar-refractivity contribution in [3.63, 3.8) is 0 Å². The number of nitrogens with one attached hydrogen (secondary N) is 1. The van der Waals surface area contributed by atoms with Gasteiger partial charge in [0.05, 0.1) is 30.7 Å². The van der Waals surface area contributed by atoms with Gasteiger partial charge in [-0.05, 0) is 37.6 Å². The third-order valence-corrected chi connectivity index (χ3v) is 6.07. The van der Waals surface area contributed by atoms with E-state index in [4.69, 9.17) is 9.15 Å². The fourth-order valence-electron chi connectivity index (χ4n) is 3.26. The van der Waals surface area contributed by atoms with Crippen molar-refractivity contribution in [1.82, 2.24) is 14.8 Å². The van der Waals surface area contributed by atoms with Crippen LogP contribution in [-0.2, 0) is 11.3 Å². The monoisotopic (exact) mass is 448 g/mol. The molecule has 0 aliphatic heterocycles. The van der Waals surface area contributed by atoms with Crippen molar-refractivity contribution >= 4 is 23.4 Å². The molecule has 8 heteroatoms. The molecule has 4 aromatic rings. The highest BCUT2D eigenvalue weighted by Crippen LogP contribution is 2.30. The fourth-order valence-corrected chi connectivity index (χ4v) is 4.11.